The maximum atomic E-state index is 14.5. The summed E-state index contributed by atoms with van der Waals surface area (Å²) in [7, 11) is 0. The van der Waals surface area contributed by atoms with Crippen LogP contribution in [0.3, 0.4) is 0 Å². The Balaban J connectivity index is 1.37. The van der Waals surface area contributed by atoms with E-state index in [1.807, 2.05) is 63.2 Å². The second-order valence-electron chi connectivity index (χ2n) is 12.4. The minimum atomic E-state index is -1.04. The van der Waals surface area contributed by atoms with Gasteiger partial charge in [-0.3, -0.25) is 14.2 Å². The summed E-state index contributed by atoms with van der Waals surface area (Å²) in [5.41, 5.74) is 4.86. The molecule has 1 saturated heterocycles. The van der Waals surface area contributed by atoms with Crippen LogP contribution in [0.4, 0.5) is 17.3 Å². The number of carbonyl (C=O) groups is 1. The quantitative estimate of drug-likeness (QED) is 0.260. The van der Waals surface area contributed by atoms with Gasteiger partial charge in [-0.1, -0.05) is 36.4 Å². The van der Waals surface area contributed by atoms with E-state index in [4.69, 9.17) is 9.72 Å². The minimum Gasteiger partial charge on any atom is -0.484 e. The summed E-state index contributed by atoms with van der Waals surface area (Å²) < 4.78 is 7.90. The number of nitrogens with one attached hydrogen (secondary N) is 2. The van der Waals surface area contributed by atoms with Crippen LogP contribution in [-0.2, 0) is 0 Å². The van der Waals surface area contributed by atoms with Crippen molar-refractivity contribution in [1.29, 1.82) is 0 Å². The predicted octanol–water partition coefficient (Wildman–Crippen LogP) is 5.82. The van der Waals surface area contributed by atoms with E-state index in [-0.39, 0.29) is 11.3 Å². The highest BCUT2D eigenvalue weighted by molar-refractivity contribution is 6.04. The van der Waals surface area contributed by atoms with E-state index >= 15 is 0 Å². The second-order valence-corrected chi connectivity index (χ2v) is 12.4. The molecule has 0 aliphatic carbocycles. The van der Waals surface area contributed by atoms with Crippen molar-refractivity contribution in [2.24, 2.45) is 0 Å². The summed E-state index contributed by atoms with van der Waals surface area (Å²) in [6, 6.07) is 22.0. The smallest absolute Gasteiger partial charge is 0.260 e. The van der Waals surface area contributed by atoms with Gasteiger partial charge >= 0.3 is 0 Å². The molecule has 0 spiro atoms. The van der Waals surface area contributed by atoms with Gasteiger partial charge in [0.2, 0.25) is 5.95 Å². The predicted molar refractivity (Wildman–Crippen MR) is 178 cm³/mol. The van der Waals surface area contributed by atoms with E-state index in [1.165, 1.54) is 10.3 Å². The number of fused-ring (bicyclic) bond motifs is 2. The van der Waals surface area contributed by atoms with Gasteiger partial charge in [-0.2, -0.15) is 4.98 Å². The number of anilines is 3. The Morgan fingerprint density at radius 1 is 0.889 bits per heavy atom. The first-order chi connectivity index (χ1) is 21.7. The Morgan fingerprint density at radius 2 is 1.62 bits per heavy atom. The molecule has 1 atom stereocenters. The summed E-state index contributed by atoms with van der Waals surface area (Å²) in [6.07, 6.45) is 1.71. The lowest BCUT2D eigenvalue weighted by atomic mass is 9.86. The monoisotopic (exact) mass is 600 g/mol. The number of para-hydroxylation sites is 1. The molecule has 0 bridgehead atoms. The molecule has 2 N–H and O–H groups in total. The lowest BCUT2D eigenvalue weighted by Gasteiger charge is -2.39. The van der Waals surface area contributed by atoms with Gasteiger partial charge in [-0.15, -0.1) is 0 Å². The van der Waals surface area contributed by atoms with Crippen LogP contribution in [0.5, 0.6) is 5.75 Å². The summed E-state index contributed by atoms with van der Waals surface area (Å²) >= 11 is 0. The van der Waals surface area contributed by atoms with Gasteiger partial charge < -0.3 is 20.3 Å². The topological polar surface area (TPSA) is 101 Å². The van der Waals surface area contributed by atoms with Crippen LogP contribution in [0.15, 0.2) is 83.8 Å². The Morgan fingerprint density at radius 3 is 2.38 bits per heavy atom. The first-order valence-electron chi connectivity index (χ1n) is 15.4. The number of nitrogens with zero attached hydrogens (tertiary/aromatic N) is 4. The zero-order valence-electron chi connectivity index (χ0n) is 25.9. The normalized spacial score (nSPS) is 17.6. The Bertz CT molecular complexity index is 2010. The molecule has 45 heavy (non-hydrogen) atoms. The van der Waals surface area contributed by atoms with Crippen LogP contribution in [0, 0.1) is 13.8 Å². The molecule has 4 heterocycles. The molecule has 0 saturated carbocycles. The number of ether oxygens (including phenoxy) is 1. The maximum Gasteiger partial charge on any atom is 0.260 e. The van der Waals surface area contributed by atoms with Gasteiger partial charge in [-0.25, -0.2) is 4.98 Å². The number of hydrogen-bond acceptors (Lipinski definition) is 8. The molecule has 2 aliphatic rings. The van der Waals surface area contributed by atoms with Crippen LogP contribution in [-0.4, -0.2) is 52.1 Å². The van der Waals surface area contributed by atoms with Crippen LogP contribution in [0.25, 0.3) is 22.2 Å². The largest absolute Gasteiger partial charge is 0.484 e. The molecule has 5 aromatic rings. The zero-order chi connectivity index (χ0) is 31.3. The maximum absolute atomic E-state index is 14.5. The lowest BCUT2D eigenvalue weighted by Crippen LogP contribution is -2.50. The van der Waals surface area contributed by atoms with Gasteiger partial charge in [0, 0.05) is 54.7 Å². The number of ketones is 1. The van der Waals surface area contributed by atoms with Crippen LogP contribution < -0.4 is 25.8 Å². The fraction of sp³-hybridized carbons (Fsp3) is 0.278. The highest BCUT2D eigenvalue weighted by Crippen LogP contribution is 2.40. The molecular formula is C36H36N6O3. The number of rotatable bonds is 5. The third kappa shape index (κ3) is 5.13. The highest BCUT2D eigenvalue weighted by atomic mass is 16.5. The average molecular weight is 601 g/mol. The highest BCUT2D eigenvalue weighted by Gasteiger charge is 2.46. The molecule has 0 radical (unpaired) electrons. The molecule has 2 aromatic heterocycles. The van der Waals surface area contributed by atoms with Gasteiger partial charge in [0.15, 0.2) is 5.78 Å². The second kappa shape index (κ2) is 11.2. The number of pyridine rings is 1. The number of benzene rings is 3. The first kappa shape index (κ1) is 28.7. The molecule has 1 fully saturated rings. The van der Waals surface area contributed by atoms with Gasteiger partial charge in [0.1, 0.15) is 23.0 Å². The van der Waals surface area contributed by atoms with E-state index in [9.17, 15) is 9.59 Å². The summed E-state index contributed by atoms with van der Waals surface area (Å²) in [5.74, 6) is 0.642. The van der Waals surface area contributed by atoms with Crippen molar-refractivity contribution in [2.75, 3.05) is 36.4 Å². The Hall–Kier alpha value is -5.02. The molecule has 9 nitrogen and oxygen atoms in total. The number of aryl methyl sites for hydroxylation is 2. The molecule has 2 aliphatic heterocycles. The Labute approximate surface area is 261 Å². The van der Waals surface area contributed by atoms with Crippen LogP contribution in [0.2, 0.25) is 0 Å². The molecule has 9 heteroatoms. The molecular weight excluding hydrogens is 564 g/mol. The van der Waals surface area contributed by atoms with Crippen molar-refractivity contribution < 1.29 is 9.53 Å². The third-order valence-corrected chi connectivity index (χ3v) is 8.81. The number of Topliss-reactive ketones (excluding diaryl/α,β-unsaturated/α-hetero) is 1. The van der Waals surface area contributed by atoms with Crippen molar-refractivity contribution in [1.82, 2.24) is 19.9 Å². The van der Waals surface area contributed by atoms with Crippen molar-refractivity contribution in [3.8, 4) is 16.9 Å². The van der Waals surface area contributed by atoms with Crippen molar-refractivity contribution in [3.63, 3.8) is 0 Å². The fourth-order valence-electron chi connectivity index (χ4n) is 6.60. The van der Waals surface area contributed by atoms with E-state index in [2.05, 4.69) is 39.6 Å². The molecule has 1 unspecified atom stereocenters. The summed E-state index contributed by atoms with van der Waals surface area (Å²) in [6.45, 7) is 11.6. The third-order valence-electron chi connectivity index (χ3n) is 8.81. The molecule has 0 amide bonds. The SMILES string of the molecule is Cc1ccccc1-c1cc2cnc(Nc3ccc(N4CCNCC4)c(C)c3)nc2n(C2C(=O)c3ccccc3OC2(C)C)c1=O. The summed E-state index contributed by atoms with van der Waals surface area (Å²) in [4.78, 5) is 40.7. The molecule has 228 valence electrons. The van der Waals surface area contributed by atoms with Crippen molar-refractivity contribution in [3.05, 3.63) is 106 Å². The molecule has 7 rings (SSSR count). The molecule has 3 aromatic carbocycles. The van der Waals surface area contributed by atoms with Crippen molar-refractivity contribution in [2.45, 2.75) is 39.3 Å². The number of aromatic nitrogens is 3. The van der Waals surface area contributed by atoms with Gasteiger partial charge in [0.25, 0.3) is 5.56 Å². The first-order valence-corrected chi connectivity index (χ1v) is 15.4. The van der Waals surface area contributed by atoms with E-state index in [0.29, 0.717) is 33.9 Å². The number of carbonyl (C=O) groups excluding carboxylic acids is 1. The number of hydrogen-bond donors (Lipinski definition) is 2. The average Bonchev–Trinajstić information content (AvgIpc) is 3.02. The van der Waals surface area contributed by atoms with Crippen LogP contribution >= 0.6 is 0 Å². The van der Waals surface area contributed by atoms with Gasteiger partial charge in [-0.05, 0) is 80.8 Å². The van der Waals surface area contributed by atoms with E-state index < -0.39 is 11.6 Å². The van der Waals surface area contributed by atoms with E-state index in [1.54, 1.807) is 24.4 Å². The zero-order valence-corrected chi connectivity index (χ0v) is 25.9. The van der Waals surface area contributed by atoms with Crippen molar-refractivity contribution >= 4 is 34.1 Å². The standard InChI is InChI=1S/C36H36N6O3/c1-22-9-5-6-10-26(22)28-20-24-21-38-35(39-25-13-14-29(23(2)19-25)41-17-15-37-16-18-41)40-33(24)42(34(28)44)32-31(43)27-11-7-8-12-30(27)45-36(32,3)4/h5-14,19-21,32,37H,15-18H2,1-4H3,(H,38,39,40). The fourth-order valence-corrected chi connectivity index (χ4v) is 6.60. The minimum absolute atomic E-state index is 0.195. The number of piperazine rings is 1. The van der Waals surface area contributed by atoms with Crippen LogP contribution in [0.1, 0.15) is 41.4 Å². The van der Waals surface area contributed by atoms with E-state index in [0.717, 1.165) is 48.6 Å². The van der Waals surface area contributed by atoms with Gasteiger partial charge in [0.05, 0.1) is 5.56 Å². The summed E-state index contributed by atoms with van der Waals surface area (Å²) in [5, 5.41) is 7.38. The lowest BCUT2D eigenvalue weighted by molar-refractivity contribution is 0.0305. The Kier molecular flexibility index (Phi) is 7.13.